The van der Waals surface area contributed by atoms with Crippen LogP contribution >= 0.6 is 11.6 Å². The van der Waals surface area contributed by atoms with Crippen molar-refractivity contribution >= 4 is 29.5 Å². The van der Waals surface area contributed by atoms with Crippen molar-refractivity contribution in [2.45, 2.75) is 39.0 Å². The monoisotopic (exact) mass is 514 g/mol. The number of anilines is 1. The van der Waals surface area contributed by atoms with Gasteiger partial charge in [-0.3, -0.25) is 0 Å². The Kier molecular flexibility index (Phi) is 7.78. The second-order valence-electron chi connectivity index (χ2n) is 9.10. The Morgan fingerprint density at radius 1 is 1.26 bits per heavy atom. The number of amides is 1. The molecule has 1 aliphatic rings. The molecular formula is C23H26ClF3N4O4. The molecule has 2 heterocycles. The number of alkyl carbamates (subject to hydrolysis) is 1. The number of ether oxygens (including phenoxy) is 2. The topological polar surface area (TPSA) is 93.6 Å². The summed E-state index contributed by atoms with van der Waals surface area (Å²) in [6.07, 6.45) is -3.25. The van der Waals surface area contributed by atoms with Gasteiger partial charge in [-0.15, -0.1) is 0 Å². The fourth-order valence-electron chi connectivity index (χ4n) is 3.62. The van der Waals surface area contributed by atoms with Gasteiger partial charge in [-0.05, 0) is 51.3 Å². The van der Waals surface area contributed by atoms with E-state index in [0.717, 1.165) is 12.1 Å². The first-order chi connectivity index (χ1) is 16.3. The summed E-state index contributed by atoms with van der Waals surface area (Å²) in [4.78, 5) is 34.6. The van der Waals surface area contributed by atoms with E-state index in [-0.39, 0.29) is 28.7 Å². The normalized spacial score (nSPS) is 16.2. The van der Waals surface area contributed by atoms with Crippen LogP contribution in [0.15, 0.2) is 24.4 Å². The number of halogens is 4. The molecule has 1 aliphatic heterocycles. The third-order valence-corrected chi connectivity index (χ3v) is 5.55. The Labute approximate surface area is 205 Å². The minimum Gasteiger partial charge on any atom is -0.465 e. The third-order valence-electron chi connectivity index (χ3n) is 5.22. The van der Waals surface area contributed by atoms with E-state index in [1.807, 2.05) is 4.90 Å². The van der Waals surface area contributed by atoms with Crippen LogP contribution in [0.3, 0.4) is 0 Å². The molecule has 0 radical (unpaired) electrons. The van der Waals surface area contributed by atoms with E-state index in [4.69, 9.17) is 21.1 Å². The number of carbonyl (C=O) groups excluding carboxylic acids is 2. The molecule has 1 N–H and O–H groups in total. The summed E-state index contributed by atoms with van der Waals surface area (Å²) in [5.41, 5.74) is -1.44. The summed E-state index contributed by atoms with van der Waals surface area (Å²) in [5.74, 6) is -0.386. The summed E-state index contributed by atoms with van der Waals surface area (Å²) in [7, 11) is 1.21. The highest BCUT2D eigenvalue weighted by Crippen LogP contribution is 2.37. The molecule has 0 spiro atoms. The molecule has 190 valence electrons. The molecule has 1 saturated heterocycles. The lowest BCUT2D eigenvalue weighted by atomic mass is 10.1. The van der Waals surface area contributed by atoms with E-state index < -0.39 is 34.4 Å². The number of methoxy groups -OCH3 is 1. The number of nitrogens with zero attached hydrogens (tertiary/aromatic N) is 3. The molecule has 0 saturated carbocycles. The number of benzene rings is 1. The average molecular weight is 515 g/mol. The number of alkyl halides is 3. The van der Waals surface area contributed by atoms with Crippen LogP contribution in [0.1, 0.15) is 43.1 Å². The first-order valence-electron chi connectivity index (χ1n) is 10.8. The lowest BCUT2D eigenvalue weighted by molar-refractivity contribution is -0.137. The van der Waals surface area contributed by atoms with Crippen LogP contribution in [0.4, 0.5) is 23.8 Å². The molecule has 1 aromatic heterocycles. The number of aromatic nitrogens is 2. The predicted molar refractivity (Wildman–Crippen MR) is 123 cm³/mol. The molecule has 0 aliphatic carbocycles. The first-order valence-corrected chi connectivity index (χ1v) is 11.2. The maximum atomic E-state index is 13.3. The molecule has 3 rings (SSSR count). The van der Waals surface area contributed by atoms with Gasteiger partial charge in [0.25, 0.3) is 0 Å². The molecule has 35 heavy (non-hydrogen) atoms. The fraction of sp³-hybridized carbons (Fsp3) is 0.478. The zero-order chi connectivity index (χ0) is 26.0. The zero-order valence-electron chi connectivity index (χ0n) is 19.7. The van der Waals surface area contributed by atoms with Crippen molar-refractivity contribution < 1.29 is 32.2 Å². The van der Waals surface area contributed by atoms with Crippen molar-refractivity contribution in [1.29, 1.82) is 0 Å². The van der Waals surface area contributed by atoms with Crippen LogP contribution in [0.5, 0.6) is 0 Å². The molecule has 8 nitrogen and oxygen atoms in total. The van der Waals surface area contributed by atoms with Gasteiger partial charge in [-0.25, -0.2) is 19.6 Å². The van der Waals surface area contributed by atoms with Crippen LogP contribution in [-0.4, -0.2) is 54.4 Å². The van der Waals surface area contributed by atoms with E-state index in [1.165, 1.54) is 19.4 Å². The molecular weight excluding hydrogens is 489 g/mol. The van der Waals surface area contributed by atoms with Crippen molar-refractivity contribution in [1.82, 2.24) is 15.3 Å². The Balaban J connectivity index is 1.85. The zero-order valence-corrected chi connectivity index (χ0v) is 20.5. The van der Waals surface area contributed by atoms with Crippen molar-refractivity contribution in [2.24, 2.45) is 5.92 Å². The van der Waals surface area contributed by atoms with Gasteiger partial charge in [-0.1, -0.05) is 11.6 Å². The highest BCUT2D eigenvalue weighted by atomic mass is 35.5. The largest absolute Gasteiger partial charge is 0.465 e. The molecule has 1 unspecified atom stereocenters. The molecule has 1 atom stereocenters. The van der Waals surface area contributed by atoms with Crippen molar-refractivity contribution in [3.8, 4) is 11.4 Å². The number of hydrogen-bond acceptors (Lipinski definition) is 7. The quantitative estimate of drug-likeness (QED) is 0.564. The summed E-state index contributed by atoms with van der Waals surface area (Å²) >= 11 is 5.72. The Bertz CT molecular complexity index is 1110. The average Bonchev–Trinajstić information content (AvgIpc) is 3.24. The van der Waals surface area contributed by atoms with Gasteiger partial charge in [0.1, 0.15) is 17.0 Å². The molecule has 12 heteroatoms. The number of rotatable bonds is 5. The number of carbonyl (C=O) groups is 2. The van der Waals surface area contributed by atoms with Gasteiger partial charge in [0, 0.05) is 31.4 Å². The van der Waals surface area contributed by atoms with E-state index in [9.17, 15) is 22.8 Å². The minimum absolute atomic E-state index is 0.00477. The Morgan fingerprint density at radius 2 is 1.97 bits per heavy atom. The van der Waals surface area contributed by atoms with Crippen molar-refractivity contribution in [2.75, 3.05) is 31.6 Å². The van der Waals surface area contributed by atoms with E-state index in [0.29, 0.717) is 26.1 Å². The highest BCUT2D eigenvalue weighted by Gasteiger charge is 2.34. The molecule has 1 aromatic carbocycles. The van der Waals surface area contributed by atoms with Crippen LogP contribution in [0, 0.1) is 5.92 Å². The molecule has 1 fully saturated rings. The molecule has 2 aromatic rings. The second kappa shape index (κ2) is 10.3. The predicted octanol–water partition coefficient (Wildman–Crippen LogP) is 4.95. The maximum absolute atomic E-state index is 13.3. The van der Waals surface area contributed by atoms with Gasteiger partial charge in [0.05, 0.1) is 17.7 Å². The van der Waals surface area contributed by atoms with E-state index in [2.05, 4.69) is 15.3 Å². The van der Waals surface area contributed by atoms with Crippen LogP contribution in [0.2, 0.25) is 5.02 Å². The second-order valence-corrected chi connectivity index (χ2v) is 9.51. The SMILES string of the molecule is COC(=O)c1cnc(-c2ccc(Cl)c(C(F)(F)F)c2)nc1N1CCC(CNC(=O)OC(C)(C)C)C1. The van der Waals surface area contributed by atoms with Gasteiger partial charge >= 0.3 is 18.2 Å². The number of nitrogens with one attached hydrogen (secondary N) is 1. The number of esters is 1. The van der Waals surface area contributed by atoms with Crippen molar-refractivity contribution in [3.05, 3.63) is 40.5 Å². The van der Waals surface area contributed by atoms with Crippen LogP contribution in [-0.2, 0) is 15.7 Å². The van der Waals surface area contributed by atoms with Gasteiger partial charge < -0.3 is 19.7 Å². The first kappa shape index (κ1) is 26.5. The maximum Gasteiger partial charge on any atom is 0.417 e. The van der Waals surface area contributed by atoms with E-state index in [1.54, 1.807) is 20.8 Å². The lowest BCUT2D eigenvalue weighted by Crippen LogP contribution is -2.36. The van der Waals surface area contributed by atoms with Gasteiger partial charge in [-0.2, -0.15) is 13.2 Å². The molecule has 1 amide bonds. The fourth-order valence-corrected chi connectivity index (χ4v) is 3.85. The van der Waals surface area contributed by atoms with Gasteiger partial charge in [0.15, 0.2) is 5.82 Å². The van der Waals surface area contributed by atoms with Gasteiger partial charge in [0.2, 0.25) is 0 Å². The van der Waals surface area contributed by atoms with Crippen LogP contribution < -0.4 is 10.2 Å². The summed E-state index contributed by atoms with van der Waals surface area (Å²) < 4.78 is 50.0. The highest BCUT2D eigenvalue weighted by molar-refractivity contribution is 6.31. The standard InChI is InChI=1S/C23H26ClF3N4O4/c1-22(2,3)35-21(33)29-10-13-7-8-31(12-13)19-15(20(32)34-4)11-28-18(30-19)14-5-6-17(24)16(9-14)23(25,26)27/h5-6,9,11,13H,7-8,10,12H2,1-4H3,(H,29,33). The smallest absolute Gasteiger partial charge is 0.417 e. The van der Waals surface area contributed by atoms with Crippen LogP contribution in [0.25, 0.3) is 11.4 Å². The molecule has 0 bridgehead atoms. The number of hydrogen-bond donors (Lipinski definition) is 1. The Morgan fingerprint density at radius 3 is 2.60 bits per heavy atom. The summed E-state index contributed by atoms with van der Waals surface area (Å²) in [5, 5.41) is 2.30. The lowest BCUT2D eigenvalue weighted by Gasteiger charge is -2.22. The summed E-state index contributed by atoms with van der Waals surface area (Å²) in [6.45, 7) is 6.61. The minimum atomic E-state index is -4.65. The van der Waals surface area contributed by atoms with E-state index >= 15 is 0 Å². The summed E-state index contributed by atoms with van der Waals surface area (Å²) in [6, 6.07) is 3.38. The Hall–Kier alpha value is -3.08. The third kappa shape index (κ3) is 6.74. The van der Waals surface area contributed by atoms with Crippen molar-refractivity contribution in [3.63, 3.8) is 0 Å².